The molecule has 0 bridgehead atoms. The number of aromatic nitrogens is 2. The molecular weight excluding hydrogens is 305 g/mol. The van der Waals surface area contributed by atoms with Crippen molar-refractivity contribution in [1.82, 2.24) is 9.97 Å². The van der Waals surface area contributed by atoms with Crippen molar-refractivity contribution in [1.29, 1.82) is 0 Å². The molecule has 0 saturated carbocycles. The highest BCUT2D eigenvalue weighted by molar-refractivity contribution is 9.10. The number of nitrogens with one attached hydrogen (secondary N) is 1. The molecule has 1 aromatic heterocycles. The Morgan fingerprint density at radius 3 is 2.88 bits per heavy atom. The van der Waals surface area contributed by atoms with Crippen molar-refractivity contribution in [3.63, 3.8) is 0 Å². The molecule has 0 atom stereocenters. The van der Waals surface area contributed by atoms with Gasteiger partial charge < -0.3 is 10.1 Å². The van der Waals surface area contributed by atoms with Crippen LogP contribution in [0.3, 0.4) is 0 Å². The van der Waals surface area contributed by atoms with Gasteiger partial charge in [0.2, 0.25) is 0 Å². The average molecular weight is 321 g/mol. The lowest BCUT2D eigenvalue weighted by atomic mass is 9.82. The predicted octanol–water partition coefficient (Wildman–Crippen LogP) is 3.12. The number of nitrogens with zero attached hydrogens (tertiary/aromatic N) is 2. The van der Waals surface area contributed by atoms with E-state index in [1.54, 1.807) is 0 Å². The monoisotopic (exact) mass is 319 g/mol. The van der Waals surface area contributed by atoms with Gasteiger partial charge in [-0.15, -0.1) is 0 Å². The summed E-state index contributed by atoms with van der Waals surface area (Å²) in [6.45, 7) is 4.80. The molecule has 0 spiro atoms. The van der Waals surface area contributed by atoms with Gasteiger partial charge >= 0.3 is 0 Å². The van der Waals surface area contributed by atoms with Gasteiger partial charge in [-0.3, -0.25) is 0 Å². The van der Waals surface area contributed by atoms with Crippen molar-refractivity contribution >= 4 is 33.3 Å². The molecule has 0 amide bonds. The third-order valence-corrected chi connectivity index (χ3v) is 4.40. The molecule has 1 aromatic rings. The summed E-state index contributed by atoms with van der Waals surface area (Å²) in [7, 11) is 0. The van der Waals surface area contributed by atoms with Crippen LogP contribution in [0.5, 0.6) is 0 Å². The molecule has 0 unspecified atom stereocenters. The zero-order chi connectivity index (χ0) is 12.3. The minimum atomic E-state index is 0.259. The molecular formula is C11H15BrClN3O. The van der Waals surface area contributed by atoms with Gasteiger partial charge in [-0.25, -0.2) is 9.97 Å². The number of hydrogen-bond donors (Lipinski definition) is 1. The van der Waals surface area contributed by atoms with E-state index in [-0.39, 0.29) is 5.41 Å². The molecule has 2 rings (SSSR count). The van der Waals surface area contributed by atoms with Crippen molar-refractivity contribution in [3.05, 3.63) is 16.0 Å². The molecule has 1 fully saturated rings. The molecule has 0 radical (unpaired) electrons. The van der Waals surface area contributed by atoms with E-state index >= 15 is 0 Å². The van der Waals surface area contributed by atoms with Gasteiger partial charge in [-0.2, -0.15) is 0 Å². The van der Waals surface area contributed by atoms with Gasteiger partial charge in [0.25, 0.3) is 0 Å². The van der Waals surface area contributed by atoms with Crippen molar-refractivity contribution in [2.24, 2.45) is 5.41 Å². The van der Waals surface area contributed by atoms with Crippen LogP contribution in [0.1, 0.15) is 19.8 Å². The smallest absolute Gasteiger partial charge is 0.148 e. The van der Waals surface area contributed by atoms with E-state index in [0.717, 1.165) is 42.9 Å². The van der Waals surface area contributed by atoms with Gasteiger partial charge in [0, 0.05) is 19.8 Å². The van der Waals surface area contributed by atoms with Crippen LogP contribution >= 0.6 is 27.5 Å². The Morgan fingerprint density at radius 2 is 2.18 bits per heavy atom. The third kappa shape index (κ3) is 3.30. The van der Waals surface area contributed by atoms with Gasteiger partial charge in [0.15, 0.2) is 0 Å². The Balaban J connectivity index is 1.99. The van der Waals surface area contributed by atoms with Crippen molar-refractivity contribution in [2.45, 2.75) is 19.8 Å². The summed E-state index contributed by atoms with van der Waals surface area (Å²) in [5.41, 5.74) is 0.259. The summed E-state index contributed by atoms with van der Waals surface area (Å²) < 4.78 is 6.10. The van der Waals surface area contributed by atoms with Gasteiger partial charge in [0.05, 0.1) is 4.47 Å². The maximum absolute atomic E-state index is 5.91. The maximum atomic E-state index is 5.91. The van der Waals surface area contributed by atoms with Crippen LogP contribution in [0.25, 0.3) is 0 Å². The predicted molar refractivity (Wildman–Crippen MR) is 71.4 cm³/mol. The van der Waals surface area contributed by atoms with Gasteiger partial charge in [-0.1, -0.05) is 18.5 Å². The van der Waals surface area contributed by atoms with Crippen LogP contribution in [-0.4, -0.2) is 29.7 Å². The zero-order valence-corrected chi connectivity index (χ0v) is 12.0. The third-order valence-electron chi connectivity index (χ3n) is 3.13. The summed E-state index contributed by atoms with van der Waals surface area (Å²) in [5.74, 6) is 0.748. The van der Waals surface area contributed by atoms with Crippen LogP contribution in [0, 0.1) is 5.41 Å². The Labute approximate surface area is 114 Å². The second-order valence-electron chi connectivity index (χ2n) is 4.60. The number of halogens is 2. The molecule has 4 nitrogen and oxygen atoms in total. The fourth-order valence-electron chi connectivity index (χ4n) is 1.81. The van der Waals surface area contributed by atoms with Crippen LogP contribution < -0.4 is 5.32 Å². The minimum Gasteiger partial charge on any atom is -0.381 e. The second kappa shape index (κ2) is 5.50. The highest BCUT2D eigenvalue weighted by Crippen LogP contribution is 2.32. The highest BCUT2D eigenvalue weighted by atomic mass is 79.9. The zero-order valence-electron chi connectivity index (χ0n) is 9.67. The SMILES string of the molecule is CC1(CNc2ncnc(Cl)c2Br)CCOCC1. The molecule has 1 aliphatic rings. The first-order valence-corrected chi connectivity index (χ1v) is 6.75. The average Bonchev–Trinajstić information content (AvgIpc) is 2.32. The Bertz CT molecular complexity index is 396. The topological polar surface area (TPSA) is 47.0 Å². The Hall–Kier alpha value is -0.390. The van der Waals surface area contributed by atoms with E-state index in [1.807, 2.05) is 0 Å². The summed E-state index contributed by atoms with van der Waals surface area (Å²) in [6.07, 6.45) is 3.59. The van der Waals surface area contributed by atoms with Crippen LogP contribution in [0.15, 0.2) is 10.8 Å². The summed E-state index contributed by atoms with van der Waals surface area (Å²) in [4.78, 5) is 8.07. The van der Waals surface area contributed by atoms with E-state index < -0.39 is 0 Å². The van der Waals surface area contributed by atoms with E-state index in [0.29, 0.717) is 5.15 Å². The highest BCUT2D eigenvalue weighted by Gasteiger charge is 2.27. The quantitative estimate of drug-likeness (QED) is 0.869. The molecule has 1 aliphatic heterocycles. The molecule has 1 N–H and O–H groups in total. The number of ether oxygens (including phenoxy) is 1. The van der Waals surface area contributed by atoms with Crippen LogP contribution in [0.2, 0.25) is 5.15 Å². The molecule has 17 heavy (non-hydrogen) atoms. The van der Waals surface area contributed by atoms with Gasteiger partial charge in [-0.05, 0) is 34.2 Å². The van der Waals surface area contributed by atoms with Crippen LogP contribution in [0.4, 0.5) is 5.82 Å². The van der Waals surface area contributed by atoms with E-state index in [4.69, 9.17) is 16.3 Å². The first kappa shape index (κ1) is 13.1. The largest absolute Gasteiger partial charge is 0.381 e. The molecule has 0 aromatic carbocycles. The van der Waals surface area contributed by atoms with Crippen molar-refractivity contribution in [2.75, 3.05) is 25.1 Å². The van der Waals surface area contributed by atoms with Gasteiger partial charge in [0.1, 0.15) is 17.3 Å². The molecule has 2 heterocycles. The van der Waals surface area contributed by atoms with Crippen molar-refractivity contribution in [3.8, 4) is 0 Å². The Kier molecular flexibility index (Phi) is 4.22. The second-order valence-corrected chi connectivity index (χ2v) is 5.75. The van der Waals surface area contributed by atoms with E-state index in [1.165, 1.54) is 6.33 Å². The normalized spacial score (nSPS) is 19.0. The molecule has 1 saturated heterocycles. The first-order chi connectivity index (χ1) is 8.11. The maximum Gasteiger partial charge on any atom is 0.148 e. The Morgan fingerprint density at radius 1 is 1.47 bits per heavy atom. The molecule has 94 valence electrons. The molecule has 6 heteroatoms. The fourth-order valence-corrected chi connectivity index (χ4v) is 2.29. The summed E-state index contributed by atoms with van der Waals surface area (Å²) in [5, 5.41) is 3.76. The molecule has 0 aliphatic carbocycles. The lowest BCUT2D eigenvalue weighted by Gasteiger charge is -2.33. The summed E-state index contributed by atoms with van der Waals surface area (Å²) in [6, 6.07) is 0. The summed E-state index contributed by atoms with van der Waals surface area (Å²) >= 11 is 9.29. The number of anilines is 1. The standard InChI is InChI=1S/C11H15BrClN3O/c1-11(2-4-17-5-3-11)6-14-10-8(12)9(13)15-7-16-10/h7H,2-6H2,1H3,(H,14,15,16). The number of rotatable bonds is 3. The lowest BCUT2D eigenvalue weighted by molar-refractivity contribution is 0.0299. The van der Waals surface area contributed by atoms with E-state index in [9.17, 15) is 0 Å². The van der Waals surface area contributed by atoms with Crippen molar-refractivity contribution < 1.29 is 4.74 Å². The van der Waals surface area contributed by atoms with Crippen LogP contribution in [-0.2, 0) is 4.74 Å². The fraction of sp³-hybridized carbons (Fsp3) is 0.636. The minimum absolute atomic E-state index is 0.259. The first-order valence-electron chi connectivity index (χ1n) is 5.58. The number of hydrogen-bond acceptors (Lipinski definition) is 4. The lowest BCUT2D eigenvalue weighted by Crippen LogP contribution is -2.33. The van der Waals surface area contributed by atoms with E-state index in [2.05, 4.69) is 38.1 Å².